The van der Waals surface area contributed by atoms with Gasteiger partial charge < -0.3 is 14.7 Å². The van der Waals surface area contributed by atoms with E-state index in [1.165, 1.54) is 6.92 Å². The molecule has 27 heavy (non-hydrogen) atoms. The first kappa shape index (κ1) is 17.4. The van der Waals surface area contributed by atoms with E-state index < -0.39 is 0 Å². The van der Waals surface area contributed by atoms with Crippen molar-refractivity contribution in [1.29, 1.82) is 0 Å². The minimum absolute atomic E-state index is 0.0601. The van der Waals surface area contributed by atoms with Crippen molar-refractivity contribution in [1.82, 2.24) is 15.0 Å². The average molecular weight is 382 g/mol. The molecule has 1 aromatic carbocycles. The summed E-state index contributed by atoms with van der Waals surface area (Å²) < 4.78 is 5.36. The van der Waals surface area contributed by atoms with E-state index in [0.29, 0.717) is 36.1 Å². The molecule has 1 saturated heterocycles. The number of rotatable bonds is 4. The van der Waals surface area contributed by atoms with Crippen LogP contribution in [0.1, 0.15) is 35.4 Å². The Morgan fingerprint density at radius 1 is 1.30 bits per heavy atom. The molecule has 3 heterocycles. The average Bonchev–Trinajstić information content (AvgIpc) is 3.40. The van der Waals surface area contributed by atoms with Crippen LogP contribution in [0.15, 0.2) is 46.3 Å². The Labute approximate surface area is 160 Å². The second-order valence-electron chi connectivity index (χ2n) is 6.43. The van der Waals surface area contributed by atoms with Crippen molar-refractivity contribution in [3.63, 3.8) is 0 Å². The van der Waals surface area contributed by atoms with Gasteiger partial charge in [-0.15, -0.1) is 11.3 Å². The number of carbonyl (C=O) groups excluding carboxylic acids is 2. The molecule has 2 amide bonds. The van der Waals surface area contributed by atoms with Gasteiger partial charge in [-0.3, -0.25) is 9.59 Å². The quantitative estimate of drug-likeness (QED) is 0.747. The van der Waals surface area contributed by atoms with Crippen molar-refractivity contribution >= 4 is 28.8 Å². The Bertz CT molecular complexity index is 967. The second kappa shape index (κ2) is 7.32. The smallest absolute Gasteiger partial charge is 0.267 e. The SMILES string of the molecule is CC(=O)Nc1cccc(C(=O)N2CCC(c3noc(-c4cccs4)n3)C2)c1. The van der Waals surface area contributed by atoms with E-state index in [0.717, 1.165) is 11.3 Å². The molecule has 7 nitrogen and oxygen atoms in total. The highest BCUT2D eigenvalue weighted by Gasteiger charge is 2.31. The summed E-state index contributed by atoms with van der Waals surface area (Å²) in [5, 5.41) is 8.77. The highest BCUT2D eigenvalue weighted by molar-refractivity contribution is 7.13. The van der Waals surface area contributed by atoms with Gasteiger partial charge in [0.25, 0.3) is 11.8 Å². The van der Waals surface area contributed by atoms with Crippen molar-refractivity contribution in [2.45, 2.75) is 19.3 Å². The third-order valence-electron chi connectivity index (χ3n) is 4.44. The summed E-state index contributed by atoms with van der Waals surface area (Å²) in [6.07, 6.45) is 0.792. The van der Waals surface area contributed by atoms with Gasteiger partial charge in [-0.05, 0) is 36.1 Å². The molecule has 1 atom stereocenters. The van der Waals surface area contributed by atoms with Crippen LogP contribution in [-0.2, 0) is 4.79 Å². The maximum atomic E-state index is 12.8. The minimum atomic E-state index is -0.167. The Balaban J connectivity index is 1.45. The van der Waals surface area contributed by atoms with Crippen molar-refractivity contribution in [2.24, 2.45) is 0 Å². The molecule has 2 aromatic heterocycles. The number of thiophene rings is 1. The maximum absolute atomic E-state index is 12.8. The Hall–Kier alpha value is -3.00. The fourth-order valence-electron chi connectivity index (χ4n) is 3.17. The van der Waals surface area contributed by atoms with Gasteiger partial charge in [0, 0.05) is 37.2 Å². The van der Waals surface area contributed by atoms with Gasteiger partial charge in [0.05, 0.1) is 4.88 Å². The number of aromatic nitrogens is 2. The predicted octanol–water partition coefficient (Wildman–Crippen LogP) is 3.39. The van der Waals surface area contributed by atoms with Crippen LogP contribution in [0.4, 0.5) is 5.69 Å². The molecule has 1 unspecified atom stereocenters. The summed E-state index contributed by atoms with van der Waals surface area (Å²) >= 11 is 1.55. The first-order chi connectivity index (χ1) is 13.1. The number of amides is 2. The van der Waals surface area contributed by atoms with Gasteiger partial charge in [-0.2, -0.15) is 4.98 Å². The highest BCUT2D eigenvalue weighted by Crippen LogP contribution is 2.29. The van der Waals surface area contributed by atoms with E-state index in [9.17, 15) is 9.59 Å². The summed E-state index contributed by atoms with van der Waals surface area (Å²) in [5.41, 5.74) is 1.16. The van der Waals surface area contributed by atoms with Gasteiger partial charge in [-0.25, -0.2) is 0 Å². The standard InChI is InChI=1S/C19H18N4O3S/c1-12(24)20-15-5-2-4-13(10-15)19(25)23-8-7-14(11-23)17-21-18(26-22-17)16-6-3-9-27-16/h2-6,9-10,14H,7-8,11H2,1H3,(H,20,24). The second-order valence-corrected chi connectivity index (χ2v) is 7.38. The summed E-state index contributed by atoms with van der Waals surface area (Å²) in [6, 6.07) is 10.9. The van der Waals surface area contributed by atoms with E-state index in [4.69, 9.17) is 4.52 Å². The number of benzene rings is 1. The fraction of sp³-hybridized carbons (Fsp3) is 0.263. The zero-order valence-electron chi connectivity index (χ0n) is 14.7. The number of hydrogen-bond donors (Lipinski definition) is 1. The number of likely N-dealkylation sites (tertiary alicyclic amines) is 1. The van der Waals surface area contributed by atoms with Crippen molar-refractivity contribution in [2.75, 3.05) is 18.4 Å². The lowest BCUT2D eigenvalue weighted by atomic mass is 10.1. The third-order valence-corrected chi connectivity index (χ3v) is 5.30. The van der Waals surface area contributed by atoms with Crippen LogP contribution in [0, 0.1) is 0 Å². The normalized spacial score (nSPS) is 16.5. The largest absolute Gasteiger partial charge is 0.338 e. The van der Waals surface area contributed by atoms with Crippen molar-refractivity contribution in [3.05, 3.63) is 53.2 Å². The van der Waals surface area contributed by atoms with Crippen molar-refractivity contribution in [3.8, 4) is 10.8 Å². The molecule has 0 bridgehead atoms. The Kier molecular flexibility index (Phi) is 4.72. The van der Waals surface area contributed by atoms with Crippen LogP contribution in [0.2, 0.25) is 0 Å². The van der Waals surface area contributed by atoms with Gasteiger partial charge in [0.2, 0.25) is 5.91 Å². The molecule has 0 aliphatic carbocycles. The Morgan fingerprint density at radius 2 is 2.19 bits per heavy atom. The number of hydrogen-bond acceptors (Lipinski definition) is 6. The third kappa shape index (κ3) is 3.75. The topological polar surface area (TPSA) is 88.3 Å². The minimum Gasteiger partial charge on any atom is -0.338 e. The molecule has 1 N–H and O–H groups in total. The first-order valence-corrected chi connectivity index (χ1v) is 9.52. The zero-order chi connectivity index (χ0) is 18.8. The van der Waals surface area contributed by atoms with E-state index in [1.54, 1.807) is 40.5 Å². The lowest BCUT2D eigenvalue weighted by Gasteiger charge is -2.16. The number of nitrogens with zero attached hydrogens (tertiary/aromatic N) is 3. The molecular formula is C19H18N4O3S. The molecule has 0 spiro atoms. The summed E-state index contributed by atoms with van der Waals surface area (Å²) in [6.45, 7) is 2.62. The maximum Gasteiger partial charge on any atom is 0.267 e. The summed E-state index contributed by atoms with van der Waals surface area (Å²) in [4.78, 5) is 31.2. The monoisotopic (exact) mass is 382 g/mol. The molecule has 0 radical (unpaired) electrons. The molecule has 0 saturated carbocycles. The van der Waals surface area contributed by atoms with E-state index >= 15 is 0 Å². The lowest BCUT2D eigenvalue weighted by molar-refractivity contribution is -0.114. The van der Waals surface area contributed by atoms with E-state index in [1.807, 2.05) is 17.5 Å². The van der Waals surface area contributed by atoms with Crippen LogP contribution in [-0.4, -0.2) is 39.9 Å². The number of nitrogens with one attached hydrogen (secondary N) is 1. The van der Waals surface area contributed by atoms with Gasteiger partial charge in [-0.1, -0.05) is 17.3 Å². The van der Waals surface area contributed by atoms with Crippen molar-refractivity contribution < 1.29 is 14.1 Å². The number of carbonyl (C=O) groups is 2. The predicted molar refractivity (Wildman–Crippen MR) is 102 cm³/mol. The fourth-order valence-corrected chi connectivity index (χ4v) is 3.82. The molecule has 8 heteroatoms. The molecular weight excluding hydrogens is 364 g/mol. The van der Waals surface area contributed by atoms with E-state index in [2.05, 4.69) is 15.5 Å². The highest BCUT2D eigenvalue weighted by atomic mass is 32.1. The Morgan fingerprint density at radius 3 is 2.96 bits per heavy atom. The molecule has 1 aliphatic heterocycles. The molecule has 3 aromatic rings. The van der Waals surface area contributed by atoms with Gasteiger partial charge in [0.1, 0.15) is 0 Å². The van der Waals surface area contributed by atoms with Crippen LogP contribution < -0.4 is 5.32 Å². The van der Waals surface area contributed by atoms with Crippen LogP contribution >= 0.6 is 11.3 Å². The summed E-state index contributed by atoms with van der Waals surface area (Å²) in [7, 11) is 0. The molecule has 1 aliphatic rings. The molecule has 4 rings (SSSR count). The number of anilines is 1. The van der Waals surface area contributed by atoms with Gasteiger partial charge in [0.15, 0.2) is 5.82 Å². The van der Waals surface area contributed by atoms with Crippen LogP contribution in [0.3, 0.4) is 0 Å². The van der Waals surface area contributed by atoms with Crippen LogP contribution in [0.25, 0.3) is 10.8 Å². The first-order valence-electron chi connectivity index (χ1n) is 8.64. The molecule has 1 fully saturated rings. The zero-order valence-corrected chi connectivity index (χ0v) is 15.5. The molecule has 138 valence electrons. The van der Waals surface area contributed by atoms with E-state index in [-0.39, 0.29) is 17.7 Å². The van der Waals surface area contributed by atoms with Crippen LogP contribution in [0.5, 0.6) is 0 Å². The van der Waals surface area contributed by atoms with Gasteiger partial charge >= 0.3 is 0 Å². The summed E-state index contributed by atoms with van der Waals surface area (Å²) in [5.74, 6) is 0.990. The lowest BCUT2D eigenvalue weighted by Crippen LogP contribution is -2.28.